The van der Waals surface area contributed by atoms with Crippen molar-refractivity contribution < 1.29 is 0 Å². The molecule has 4 aliphatic rings. The van der Waals surface area contributed by atoms with Crippen LogP contribution in [0.15, 0.2) is 115 Å². The molecule has 0 saturated heterocycles. The molecule has 4 saturated carbocycles. The Bertz CT molecular complexity index is 1280. The lowest BCUT2D eigenvalue weighted by atomic mass is 9.32. The van der Waals surface area contributed by atoms with E-state index in [1.54, 1.807) is 22.3 Å². The Hall–Kier alpha value is -3.12. The van der Waals surface area contributed by atoms with E-state index in [0.717, 1.165) is 0 Å². The van der Waals surface area contributed by atoms with Gasteiger partial charge in [-0.3, -0.25) is 0 Å². The Kier molecular flexibility index (Phi) is 5.16. The van der Waals surface area contributed by atoms with E-state index in [0.29, 0.717) is 0 Å². The summed E-state index contributed by atoms with van der Waals surface area (Å²) in [6.45, 7) is 6.98. The van der Waals surface area contributed by atoms with Crippen molar-refractivity contribution in [3.8, 4) is 0 Å². The molecule has 4 aliphatic carbocycles. The topological polar surface area (TPSA) is 0 Å². The van der Waals surface area contributed by atoms with Gasteiger partial charge < -0.3 is 0 Å². The second kappa shape index (κ2) is 8.19. The summed E-state index contributed by atoms with van der Waals surface area (Å²) in [5.74, 6) is 0. The zero-order valence-corrected chi connectivity index (χ0v) is 23.2. The average Bonchev–Trinajstić information content (AvgIpc) is 2.94. The van der Waals surface area contributed by atoms with Crippen LogP contribution in [0.2, 0.25) is 0 Å². The van der Waals surface area contributed by atoms with E-state index in [1.165, 1.54) is 44.1 Å². The fraction of sp³-hybridized carbons (Fsp3) is 0.368. The molecule has 8 rings (SSSR count). The highest BCUT2D eigenvalue weighted by molar-refractivity contribution is 5.49. The van der Waals surface area contributed by atoms with Crippen molar-refractivity contribution in [3.63, 3.8) is 0 Å². The summed E-state index contributed by atoms with van der Waals surface area (Å²) in [5.41, 5.74) is 8.49. The molecule has 0 amide bonds. The van der Waals surface area contributed by atoms with Gasteiger partial charge in [0.1, 0.15) is 0 Å². The molecule has 0 heteroatoms. The van der Waals surface area contributed by atoms with E-state index in [9.17, 15) is 0 Å². The Morgan fingerprint density at radius 2 is 0.632 bits per heavy atom. The van der Waals surface area contributed by atoms with Crippen molar-refractivity contribution in [2.45, 2.75) is 86.4 Å². The van der Waals surface area contributed by atoms with Gasteiger partial charge >= 0.3 is 0 Å². The number of hydrogen-bond acceptors (Lipinski definition) is 0. The zero-order valence-electron chi connectivity index (χ0n) is 23.2. The molecule has 0 spiro atoms. The fourth-order valence-electron chi connectivity index (χ4n) is 9.56. The standard InChI is InChI=1S/C38H40/c1-34(2,3)29-19-21-33(22-20-29)38-26-35(30-13-7-4-8-14-30)23-36(27-38,31-15-9-5-10-16-31)25-37(24-35,28-38)32-17-11-6-12-18-32/h4-22H,23-28H2,1-3H3. The van der Waals surface area contributed by atoms with Crippen LogP contribution in [0.5, 0.6) is 0 Å². The van der Waals surface area contributed by atoms with Crippen LogP contribution in [0, 0.1) is 0 Å². The zero-order chi connectivity index (χ0) is 26.1. The second-order valence-electron chi connectivity index (χ2n) is 14.1. The Balaban J connectivity index is 1.49. The van der Waals surface area contributed by atoms with Crippen LogP contribution in [0.25, 0.3) is 0 Å². The average molecular weight is 497 g/mol. The minimum Gasteiger partial charge on any atom is -0.0622 e. The summed E-state index contributed by atoms with van der Waals surface area (Å²) in [6, 6.07) is 44.6. The Morgan fingerprint density at radius 3 is 0.895 bits per heavy atom. The number of benzene rings is 4. The van der Waals surface area contributed by atoms with Crippen molar-refractivity contribution in [3.05, 3.63) is 143 Å². The van der Waals surface area contributed by atoms with E-state index in [4.69, 9.17) is 0 Å². The molecule has 0 nitrogen and oxygen atoms in total. The van der Waals surface area contributed by atoms with Crippen LogP contribution in [-0.4, -0.2) is 0 Å². The van der Waals surface area contributed by atoms with Gasteiger partial charge in [0.2, 0.25) is 0 Å². The van der Waals surface area contributed by atoms with Gasteiger partial charge in [0.15, 0.2) is 0 Å². The molecule has 0 atom stereocenters. The van der Waals surface area contributed by atoms with Gasteiger partial charge in [0.25, 0.3) is 0 Å². The molecule has 0 unspecified atom stereocenters. The van der Waals surface area contributed by atoms with Crippen molar-refractivity contribution in [2.24, 2.45) is 0 Å². The normalized spacial score (nSPS) is 31.9. The van der Waals surface area contributed by atoms with Crippen LogP contribution >= 0.6 is 0 Å². The summed E-state index contributed by atoms with van der Waals surface area (Å²) in [6.07, 6.45) is 7.52. The van der Waals surface area contributed by atoms with Crippen LogP contribution < -0.4 is 0 Å². The highest BCUT2D eigenvalue weighted by atomic mass is 14.7. The molecule has 4 bridgehead atoms. The predicted molar refractivity (Wildman–Crippen MR) is 159 cm³/mol. The lowest BCUT2D eigenvalue weighted by Crippen LogP contribution is -2.67. The van der Waals surface area contributed by atoms with Gasteiger partial charge in [-0.2, -0.15) is 0 Å². The maximum absolute atomic E-state index is 2.50. The Morgan fingerprint density at radius 1 is 0.368 bits per heavy atom. The van der Waals surface area contributed by atoms with E-state index in [2.05, 4.69) is 136 Å². The van der Waals surface area contributed by atoms with Crippen molar-refractivity contribution >= 4 is 0 Å². The van der Waals surface area contributed by atoms with E-state index in [-0.39, 0.29) is 27.1 Å². The molecular formula is C38H40. The van der Waals surface area contributed by atoms with Crippen LogP contribution in [0.1, 0.15) is 87.1 Å². The molecule has 4 aromatic rings. The van der Waals surface area contributed by atoms with E-state index >= 15 is 0 Å². The molecule has 192 valence electrons. The molecule has 0 radical (unpaired) electrons. The summed E-state index contributed by atoms with van der Waals surface area (Å²) in [7, 11) is 0. The summed E-state index contributed by atoms with van der Waals surface area (Å²) >= 11 is 0. The van der Waals surface area contributed by atoms with Gasteiger partial charge in [-0.1, -0.05) is 136 Å². The smallest absolute Gasteiger partial charge is 0.00215 e. The minimum atomic E-state index is 0.159. The number of hydrogen-bond donors (Lipinski definition) is 0. The SMILES string of the molecule is CC(C)(C)c1ccc(C23CC4(c5ccccc5)CC(c5ccccc5)(CC(c5ccccc5)(C4)C2)C3)cc1. The third kappa shape index (κ3) is 3.56. The molecule has 0 aromatic heterocycles. The number of rotatable bonds is 4. The molecule has 4 aromatic carbocycles. The lowest BCUT2D eigenvalue weighted by Gasteiger charge is -2.71. The lowest BCUT2D eigenvalue weighted by molar-refractivity contribution is -0.0691. The molecule has 0 aliphatic heterocycles. The summed E-state index contributed by atoms with van der Waals surface area (Å²) in [5, 5.41) is 0. The quantitative estimate of drug-likeness (QED) is 0.264. The van der Waals surface area contributed by atoms with Gasteiger partial charge in [0, 0.05) is 0 Å². The molecular weight excluding hydrogens is 456 g/mol. The molecule has 0 N–H and O–H groups in total. The summed E-state index contributed by atoms with van der Waals surface area (Å²) < 4.78 is 0. The first-order valence-corrected chi connectivity index (χ1v) is 14.5. The van der Waals surface area contributed by atoms with Crippen LogP contribution in [0.4, 0.5) is 0 Å². The maximum atomic E-state index is 2.50. The summed E-state index contributed by atoms with van der Waals surface area (Å²) in [4.78, 5) is 0. The third-order valence-corrected chi connectivity index (χ3v) is 10.6. The van der Waals surface area contributed by atoms with Gasteiger partial charge in [0.05, 0.1) is 0 Å². The predicted octanol–water partition coefficient (Wildman–Crippen LogP) is 9.42. The van der Waals surface area contributed by atoms with Crippen LogP contribution in [-0.2, 0) is 27.1 Å². The molecule has 4 fully saturated rings. The van der Waals surface area contributed by atoms with Crippen LogP contribution in [0.3, 0.4) is 0 Å². The first-order valence-electron chi connectivity index (χ1n) is 14.5. The van der Waals surface area contributed by atoms with Crippen molar-refractivity contribution in [1.29, 1.82) is 0 Å². The van der Waals surface area contributed by atoms with Crippen molar-refractivity contribution in [2.75, 3.05) is 0 Å². The van der Waals surface area contributed by atoms with E-state index < -0.39 is 0 Å². The van der Waals surface area contributed by atoms with Gasteiger partial charge in [-0.05, 0) is 93.4 Å². The van der Waals surface area contributed by atoms with Crippen molar-refractivity contribution in [1.82, 2.24) is 0 Å². The first-order chi connectivity index (χ1) is 18.3. The minimum absolute atomic E-state index is 0.159. The van der Waals surface area contributed by atoms with Gasteiger partial charge in [-0.15, -0.1) is 0 Å². The molecule has 0 heterocycles. The van der Waals surface area contributed by atoms with Gasteiger partial charge in [-0.25, -0.2) is 0 Å². The maximum Gasteiger partial charge on any atom is -0.00215 e. The highest BCUT2D eigenvalue weighted by Crippen LogP contribution is 2.74. The largest absolute Gasteiger partial charge is 0.0622 e. The highest BCUT2D eigenvalue weighted by Gasteiger charge is 2.69. The van der Waals surface area contributed by atoms with E-state index in [1.807, 2.05) is 0 Å². The third-order valence-electron chi connectivity index (χ3n) is 10.6. The second-order valence-corrected chi connectivity index (χ2v) is 14.1. The molecule has 38 heavy (non-hydrogen) atoms. The first kappa shape index (κ1) is 24.0. The Labute approximate surface area is 229 Å². The monoisotopic (exact) mass is 496 g/mol. The fourth-order valence-corrected chi connectivity index (χ4v) is 9.56.